The molecule has 0 aromatic heterocycles. The second-order valence-corrected chi connectivity index (χ2v) is 2.59. The molecule has 0 fully saturated rings. The zero-order valence-corrected chi connectivity index (χ0v) is 4.34. The van der Waals surface area contributed by atoms with Crippen LogP contribution in [0.4, 0.5) is 0 Å². The summed E-state index contributed by atoms with van der Waals surface area (Å²) in [6, 6.07) is 0. The van der Waals surface area contributed by atoms with Crippen molar-refractivity contribution >= 4 is 17.6 Å². The molecule has 3 heteroatoms. The van der Waals surface area contributed by atoms with E-state index in [0.717, 1.165) is 6.56 Å². The Bertz CT molecular complexity index is 23.6. The first-order valence-corrected chi connectivity index (χ1v) is 3.30. The van der Waals surface area contributed by atoms with Gasteiger partial charge in [-0.3, -0.25) is 0 Å². The molecule has 0 saturated carbocycles. The predicted octanol–water partition coefficient (Wildman–Crippen LogP) is -0.236. The first-order valence-electron chi connectivity index (χ1n) is 1.57. The highest BCUT2D eigenvalue weighted by atomic mass is 32.2. The van der Waals surface area contributed by atoms with E-state index < -0.39 is 11.0 Å². The predicted molar refractivity (Wildman–Crippen MR) is 27.1 cm³/mol. The van der Waals surface area contributed by atoms with E-state index in [2.05, 4.69) is 0 Å². The summed E-state index contributed by atoms with van der Waals surface area (Å²) in [6.07, 6.45) is 1.69. The standard InChI is InChI=1S/C2H7BOS/c1-3-5(2)4/h3H,1-2H3. The molecule has 0 aliphatic carbocycles. The lowest BCUT2D eigenvalue weighted by molar-refractivity contribution is 0.613. The fraction of sp³-hybridized carbons (Fsp3) is 1.00. The molecular formula is C2H7BOS. The van der Waals surface area contributed by atoms with Gasteiger partial charge in [-0.05, 0) is 6.82 Å². The third-order valence-corrected chi connectivity index (χ3v) is 1.22. The smallest absolute Gasteiger partial charge is 0.390 e. The Morgan fingerprint density at radius 3 is 2.00 bits per heavy atom. The molecule has 1 atom stereocenters. The molecule has 0 aliphatic rings. The van der Waals surface area contributed by atoms with Crippen molar-refractivity contribution in [3.8, 4) is 0 Å². The van der Waals surface area contributed by atoms with Gasteiger partial charge in [-0.25, -0.2) is 0 Å². The van der Waals surface area contributed by atoms with Gasteiger partial charge in [0, 0.05) is 0 Å². The van der Waals surface area contributed by atoms with Crippen molar-refractivity contribution in [2.24, 2.45) is 0 Å². The minimum atomic E-state index is -0.573. The molecule has 0 aromatic rings. The zero-order valence-electron chi connectivity index (χ0n) is 3.52. The summed E-state index contributed by atoms with van der Waals surface area (Å²) in [6.45, 7) is 2.68. The second-order valence-electron chi connectivity index (χ2n) is 0.862. The van der Waals surface area contributed by atoms with Gasteiger partial charge in [0.25, 0.3) is 0 Å². The van der Waals surface area contributed by atoms with E-state index in [1.54, 1.807) is 6.26 Å². The van der Waals surface area contributed by atoms with Crippen LogP contribution in [0, 0.1) is 0 Å². The summed E-state index contributed by atoms with van der Waals surface area (Å²) in [4.78, 5) is 0. The number of hydrogen-bond acceptors (Lipinski definition) is 1. The van der Waals surface area contributed by atoms with E-state index >= 15 is 0 Å². The topological polar surface area (TPSA) is 23.1 Å². The molecule has 0 rings (SSSR count). The lowest BCUT2D eigenvalue weighted by Gasteiger charge is -1.95. The van der Waals surface area contributed by atoms with Crippen LogP contribution in [0.5, 0.6) is 0 Å². The van der Waals surface area contributed by atoms with E-state index in [0.29, 0.717) is 0 Å². The largest absolute Gasteiger partial charge is 0.635 e. The molecule has 0 radical (unpaired) electrons. The normalized spacial score (nSPS) is 14.2. The van der Waals surface area contributed by atoms with E-state index in [-0.39, 0.29) is 0 Å². The van der Waals surface area contributed by atoms with Crippen molar-refractivity contribution in [1.82, 2.24) is 0 Å². The van der Waals surface area contributed by atoms with Gasteiger partial charge in [-0.1, -0.05) is 0 Å². The van der Waals surface area contributed by atoms with Crippen molar-refractivity contribution in [1.29, 1.82) is 0 Å². The summed E-state index contributed by atoms with van der Waals surface area (Å²) in [7, 11) is 0. The van der Waals surface area contributed by atoms with Crippen molar-refractivity contribution < 1.29 is 4.55 Å². The molecule has 0 aromatic carbocycles. The first-order chi connectivity index (χ1) is 2.27. The van der Waals surface area contributed by atoms with Crippen LogP contribution >= 0.6 is 0 Å². The number of rotatable bonds is 1. The van der Waals surface area contributed by atoms with Crippen molar-refractivity contribution in [2.45, 2.75) is 6.82 Å². The molecule has 0 saturated heterocycles. The molecule has 1 unspecified atom stereocenters. The van der Waals surface area contributed by atoms with Gasteiger partial charge < -0.3 is 4.55 Å². The van der Waals surface area contributed by atoms with Gasteiger partial charge in [-0.2, -0.15) is 0 Å². The van der Waals surface area contributed by atoms with Crippen LogP contribution in [-0.2, 0) is 11.0 Å². The van der Waals surface area contributed by atoms with Crippen molar-refractivity contribution in [2.75, 3.05) is 6.26 Å². The van der Waals surface area contributed by atoms with E-state index in [4.69, 9.17) is 0 Å². The summed E-state index contributed by atoms with van der Waals surface area (Å²) in [5, 5.41) is 0. The molecule has 0 bridgehead atoms. The van der Waals surface area contributed by atoms with E-state index in [1.165, 1.54) is 0 Å². The Morgan fingerprint density at radius 2 is 2.00 bits per heavy atom. The first kappa shape index (κ1) is 5.37. The minimum absolute atomic E-state index is 0.573. The summed E-state index contributed by atoms with van der Waals surface area (Å²) < 4.78 is 9.92. The summed E-state index contributed by atoms with van der Waals surface area (Å²) >= 11 is -0.573. The van der Waals surface area contributed by atoms with Gasteiger partial charge in [0.05, 0.1) is 6.26 Å². The molecule has 1 nitrogen and oxygen atoms in total. The molecule has 30 valence electrons. The lowest BCUT2D eigenvalue weighted by atomic mass is 10.2. The highest BCUT2D eigenvalue weighted by molar-refractivity contribution is 8.14. The molecule has 0 N–H and O–H groups in total. The lowest BCUT2D eigenvalue weighted by Crippen LogP contribution is -2.01. The average molecular weight is 90.0 g/mol. The average Bonchev–Trinajstić information content (AvgIpc) is 1.38. The second kappa shape index (κ2) is 2.60. The monoisotopic (exact) mass is 90.0 g/mol. The van der Waals surface area contributed by atoms with Crippen LogP contribution < -0.4 is 0 Å². The highest BCUT2D eigenvalue weighted by Crippen LogP contribution is 1.71. The SMILES string of the molecule is CB[S+](C)[O-]. The van der Waals surface area contributed by atoms with Crippen LogP contribution in [0.15, 0.2) is 0 Å². The van der Waals surface area contributed by atoms with Crippen LogP contribution in [-0.4, -0.2) is 17.4 Å². The molecule has 0 heterocycles. The van der Waals surface area contributed by atoms with Crippen LogP contribution in [0.2, 0.25) is 6.82 Å². The van der Waals surface area contributed by atoms with Gasteiger partial charge in [0.2, 0.25) is 0 Å². The van der Waals surface area contributed by atoms with E-state index in [9.17, 15) is 4.55 Å². The Morgan fingerprint density at radius 1 is 1.80 bits per heavy atom. The Balaban J connectivity index is 2.54. The van der Waals surface area contributed by atoms with Crippen LogP contribution in [0.3, 0.4) is 0 Å². The quantitative estimate of drug-likeness (QED) is 0.322. The molecule has 0 spiro atoms. The van der Waals surface area contributed by atoms with Crippen molar-refractivity contribution in [3.05, 3.63) is 0 Å². The molecule has 0 amide bonds. The minimum Gasteiger partial charge on any atom is -0.635 e. The van der Waals surface area contributed by atoms with Crippen LogP contribution in [0.1, 0.15) is 0 Å². The van der Waals surface area contributed by atoms with Gasteiger partial charge in [-0.15, -0.1) is 11.0 Å². The summed E-state index contributed by atoms with van der Waals surface area (Å²) in [5.74, 6) is 0. The fourth-order valence-corrected chi connectivity index (χ4v) is 0. The van der Waals surface area contributed by atoms with Crippen LogP contribution in [0.25, 0.3) is 0 Å². The Labute approximate surface area is 36.1 Å². The maximum absolute atomic E-state index is 9.92. The third kappa shape index (κ3) is 4.37. The van der Waals surface area contributed by atoms with Gasteiger partial charge >= 0.3 is 6.56 Å². The molecule has 5 heavy (non-hydrogen) atoms. The molecular weight excluding hydrogens is 82.9 g/mol. The number of hydrogen-bond donors (Lipinski definition) is 0. The van der Waals surface area contributed by atoms with Gasteiger partial charge in [0.15, 0.2) is 0 Å². The van der Waals surface area contributed by atoms with E-state index in [1.807, 2.05) is 6.82 Å². The maximum atomic E-state index is 9.92. The Hall–Kier alpha value is 0.375. The Kier molecular flexibility index (Phi) is 2.80. The maximum Gasteiger partial charge on any atom is 0.390 e. The third-order valence-electron chi connectivity index (χ3n) is 0.407. The molecule has 0 aliphatic heterocycles. The highest BCUT2D eigenvalue weighted by Gasteiger charge is 1.87. The zero-order chi connectivity index (χ0) is 4.28. The summed E-state index contributed by atoms with van der Waals surface area (Å²) in [5.41, 5.74) is 0. The van der Waals surface area contributed by atoms with Gasteiger partial charge in [0.1, 0.15) is 0 Å². The fourth-order valence-electron chi connectivity index (χ4n) is 0. The van der Waals surface area contributed by atoms with Crippen molar-refractivity contribution in [3.63, 3.8) is 0 Å².